The monoisotopic (exact) mass is 304 g/mol. The van der Waals surface area contributed by atoms with Gasteiger partial charge in [0.1, 0.15) is 5.75 Å². The number of carbonyl (C=O) groups excluding carboxylic acids is 2. The SMILES string of the molecule is CC(C)[C@H](C)NC(=O)COC(=O)COc1ccc(C#N)cc1. The predicted octanol–water partition coefficient (Wildman–Crippen LogP) is 1.64. The zero-order chi connectivity index (χ0) is 16.5. The van der Waals surface area contributed by atoms with E-state index in [2.05, 4.69) is 5.32 Å². The van der Waals surface area contributed by atoms with Crippen molar-refractivity contribution < 1.29 is 19.1 Å². The third-order valence-corrected chi connectivity index (χ3v) is 3.09. The lowest BCUT2D eigenvalue weighted by Gasteiger charge is -2.17. The molecule has 118 valence electrons. The van der Waals surface area contributed by atoms with Gasteiger partial charge < -0.3 is 14.8 Å². The molecule has 0 aliphatic heterocycles. The van der Waals surface area contributed by atoms with Crippen molar-refractivity contribution in [2.24, 2.45) is 5.92 Å². The molecule has 0 fully saturated rings. The van der Waals surface area contributed by atoms with E-state index in [1.165, 1.54) is 0 Å². The van der Waals surface area contributed by atoms with Crippen molar-refractivity contribution in [2.75, 3.05) is 13.2 Å². The molecule has 0 aliphatic rings. The average molecular weight is 304 g/mol. The maximum atomic E-state index is 11.5. The molecule has 0 saturated heterocycles. The van der Waals surface area contributed by atoms with Gasteiger partial charge in [-0.15, -0.1) is 0 Å². The topological polar surface area (TPSA) is 88.4 Å². The maximum absolute atomic E-state index is 11.5. The van der Waals surface area contributed by atoms with Gasteiger partial charge in [-0.1, -0.05) is 13.8 Å². The number of amides is 1. The van der Waals surface area contributed by atoms with Crippen LogP contribution in [-0.2, 0) is 14.3 Å². The summed E-state index contributed by atoms with van der Waals surface area (Å²) in [7, 11) is 0. The molecule has 1 N–H and O–H groups in total. The summed E-state index contributed by atoms with van der Waals surface area (Å²) in [6, 6.07) is 8.34. The van der Waals surface area contributed by atoms with Gasteiger partial charge in [-0.3, -0.25) is 4.79 Å². The smallest absolute Gasteiger partial charge is 0.344 e. The molecule has 0 heterocycles. The molecule has 6 nitrogen and oxygen atoms in total. The van der Waals surface area contributed by atoms with E-state index in [1.807, 2.05) is 26.8 Å². The lowest BCUT2D eigenvalue weighted by molar-refractivity contribution is -0.150. The van der Waals surface area contributed by atoms with Crippen LogP contribution in [0.15, 0.2) is 24.3 Å². The third kappa shape index (κ3) is 6.27. The molecule has 1 rings (SSSR count). The largest absolute Gasteiger partial charge is 0.482 e. The maximum Gasteiger partial charge on any atom is 0.344 e. The number of nitrogens with zero attached hydrogens (tertiary/aromatic N) is 1. The highest BCUT2D eigenvalue weighted by atomic mass is 16.6. The van der Waals surface area contributed by atoms with Crippen LogP contribution in [0.3, 0.4) is 0 Å². The number of rotatable bonds is 7. The van der Waals surface area contributed by atoms with Crippen LogP contribution in [0.25, 0.3) is 0 Å². The molecule has 1 aromatic rings. The van der Waals surface area contributed by atoms with Gasteiger partial charge in [-0.25, -0.2) is 4.79 Å². The fourth-order valence-corrected chi connectivity index (χ4v) is 1.42. The second-order valence-electron chi connectivity index (χ2n) is 5.19. The van der Waals surface area contributed by atoms with E-state index in [1.54, 1.807) is 24.3 Å². The van der Waals surface area contributed by atoms with Crippen molar-refractivity contribution in [1.29, 1.82) is 5.26 Å². The molecule has 0 aliphatic carbocycles. The summed E-state index contributed by atoms with van der Waals surface area (Å²) in [6.45, 7) is 5.24. The molecule has 22 heavy (non-hydrogen) atoms. The highest BCUT2D eigenvalue weighted by Crippen LogP contribution is 2.11. The summed E-state index contributed by atoms with van der Waals surface area (Å²) < 4.78 is 10.0. The third-order valence-electron chi connectivity index (χ3n) is 3.09. The Balaban J connectivity index is 2.28. The van der Waals surface area contributed by atoms with E-state index in [0.717, 1.165) is 0 Å². The first-order valence-corrected chi connectivity index (χ1v) is 7.00. The van der Waals surface area contributed by atoms with Crippen molar-refractivity contribution in [3.8, 4) is 11.8 Å². The molecule has 0 spiro atoms. The minimum Gasteiger partial charge on any atom is -0.482 e. The first-order chi connectivity index (χ1) is 10.4. The molecule has 1 aromatic carbocycles. The molecular formula is C16H20N2O4. The van der Waals surface area contributed by atoms with Crippen molar-refractivity contribution >= 4 is 11.9 Å². The van der Waals surface area contributed by atoms with Crippen LogP contribution < -0.4 is 10.1 Å². The zero-order valence-corrected chi connectivity index (χ0v) is 13.0. The zero-order valence-electron chi connectivity index (χ0n) is 13.0. The number of nitriles is 1. The summed E-state index contributed by atoms with van der Waals surface area (Å²) in [6.07, 6.45) is 0. The number of hydrogen-bond acceptors (Lipinski definition) is 5. The van der Waals surface area contributed by atoms with Crippen LogP contribution in [0.5, 0.6) is 5.75 Å². The van der Waals surface area contributed by atoms with E-state index in [4.69, 9.17) is 14.7 Å². The number of hydrogen-bond donors (Lipinski definition) is 1. The Bertz CT molecular complexity index is 546. The summed E-state index contributed by atoms with van der Waals surface area (Å²) in [4.78, 5) is 23.0. The summed E-state index contributed by atoms with van der Waals surface area (Å²) >= 11 is 0. The molecule has 0 bridgehead atoms. The number of esters is 1. The highest BCUT2D eigenvalue weighted by molar-refractivity contribution is 5.81. The second kappa shape index (κ2) is 8.67. The Kier molecular flexibility index (Phi) is 6.90. The minimum atomic E-state index is -0.628. The molecule has 0 saturated carbocycles. The van der Waals surface area contributed by atoms with Gasteiger partial charge in [0.2, 0.25) is 0 Å². The first-order valence-electron chi connectivity index (χ1n) is 7.00. The van der Waals surface area contributed by atoms with Crippen LogP contribution in [0, 0.1) is 17.2 Å². The van der Waals surface area contributed by atoms with E-state index in [-0.39, 0.29) is 25.2 Å². The van der Waals surface area contributed by atoms with Crippen molar-refractivity contribution in [1.82, 2.24) is 5.32 Å². The molecule has 1 atom stereocenters. The summed E-state index contributed by atoms with van der Waals surface area (Å²) in [5, 5.41) is 11.4. The lowest BCUT2D eigenvalue weighted by Crippen LogP contribution is -2.39. The standard InChI is InChI=1S/C16H20N2O4/c1-11(2)12(3)18-15(19)9-22-16(20)10-21-14-6-4-13(8-17)5-7-14/h4-7,11-12H,9-10H2,1-3H3,(H,18,19)/t12-/m0/s1. The van der Waals surface area contributed by atoms with Gasteiger partial charge in [0.15, 0.2) is 13.2 Å². The second-order valence-corrected chi connectivity index (χ2v) is 5.19. The van der Waals surface area contributed by atoms with Crippen LogP contribution >= 0.6 is 0 Å². The number of ether oxygens (including phenoxy) is 2. The van der Waals surface area contributed by atoms with Crippen LogP contribution in [0.4, 0.5) is 0 Å². The Morgan fingerprint density at radius 2 is 1.82 bits per heavy atom. The van der Waals surface area contributed by atoms with E-state index >= 15 is 0 Å². The van der Waals surface area contributed by atoms with Gasteiger partial charge >= 0.3 is 5.97 Å². The number of nitrogens with one attached hydrogen (secondary N) is 1. The van der Waals surface area contributed by atoms with Crippen LogP contribution in [0.2, 0.25) is 0 Å². The molecular weight excluding hydrogens is 284 g/mol. The van der Waals surface area contributed by atoms with Gasteiger partial charge in [-0.05, 0) is 37.1 Å². The average Bonchev–Trinajstić information content (AvgIpc) is 2.51. The van der Waals surface area contributed by atoms with Crippen LogP contribution in [0.1, 0.15) is 26.3 Å². The van der Waals surface area contributed by atoms with Crippen molar-refractivity contribution in [3.05, 3.63) is 29.8 Å². The summed E-state index contributed by atoms with van der Waals surface area (Å²) in [5.41, 5.74) is 0.505. The number of carbonyl (C=O) groups is 2. The van der Waals surface area contributed by atoms with Crippen molar-refractivity contribution in [2.45, 2.75) is 26.8 Å². The van der Waals surface area contributed by atoms with Gasteiger partial charge in [0.05, 0.1) is 11.6 Å². The highest BCUT2D eigenvalue weighted by Gasteiger charge is 2.13. The minimum absolute atomic E-state index is 0.0149. The fourth-order valence-electron chi connectivity index (χ4n) is 1.42. The fraction of sp³-hybridized carbons (Fsp3) is 0.438. The molecule has 0 unspecified atom stereocenters. The Morgan fingerprint density at radius 3 is 2.36 bits per heavy atom. The Morgan fingerprint density at radius 1 is 1.18 bits per heavy atom. The normalized spacial score (nSPS) is 11.4. The predicted molar refractivity (Wildman–Crippen MR) is 80.1 cm³/mol. The van der Waals surface area contributed by atoms with Crippen molar-refractivity contribution in [3.63, 3.8) is 0 Å². The number of benzene rings is 1. The molecule has 1 amide bonds. The molecule has 0 radical (unpaired) electrons. The molecule has 0 aromatic heterocycles. The first kappa shape index (κ1) is 17.5. The summed E-state index contributed by atoms with van der Waals surface area (Å²) in [5.74, 6) is -0.210. The van der Waals surface area contributed by atoms with Crippen LogP contribution in [-0.4, -0.2) is 31.1 Å². The van der Waals surface area contributed by atoms with Gasteiger partial charge in [0, 0.05) is 6.04 Å². The Labute approximate surface area is 130 Å². The van der Waals surface area contributed by atoms with Gasteiger partial charge in [0.25, 0.3) is 5.91 Å². The molecule has 6 heteroatoms. The van der Waals surface area contributed by atoms with Gasteiger partial charge in [-0.2, -0.15) is 5.26 Å². The lowest BCUT2D eigenvalue weighted by atomic mass is 10.1. The van der Waals surface area contributed by atoms with E-state index in [9.17, 15) is 9.59 Å². The Hall–Kier alpha value is -2.55. The van der Waals surface area contributed by atoms with E-state index < -0.39 is 5.97 Å². The van der Waals surface area contributed by atoms with E-state index in [0.29, 0.717) is 17.2 Å². The quantitative estimate of drug-likeness (QED) is 0.774.